The van der Waals surface area contributed by atoms with Crippen molar-refractivity contribution in [2.45, 2.75) is 25.7 Å². The first-order valence-corrected chi connectivity index (χ1v) is 10.8. The SMILES string of the molecule is COc1cccc(NC(=O)c2ccc(C)c(S(=O)(=O)Nc3cccc(C)c3C)c2)c1. The molecule has 3 aromatic carbocycles. The summed E-state index contributed by atoms with van der Waals surface area (Å²) in [5.74, 6) is 0.198. The van der Waals surface area contributed by atoms with E-state index in [-0.39, 0.29) is 10.5 Å². The van der Waals surface area contributed by atoms with E-state index in [1.54, 1.807) is 62.6 Å². The number of benzene rings is 3. The maximum atomic E-state index is 13.0. The van der Waals surface area contributed by atoms with Crippen molar-refractivity contribution in [2.75, 3.05) is 17.1 Å². The first kappa shape index (κ1) is 21.4. The summed E-state index contributed by atoms with van der Waals surface area (Å²) in [5.41, 5.74) is 3.69. The van der Waals surface area contributed by atoms with Crippen molar-refractivity contribution in [1.82, 2.24) is 0 Å². The molecule has 0 aliphatic carbocycles. The highest BCUT2D eigenvalue weighted by molar-refractivity contribution is 7.92. The molecule has 156 valence electrons. The van der Waals surface area contributed by atoms with Crippen LogP contribution in [0.15, 0.2) is 65.6 Å². The van der Waals surface area contributed by atoms with Crippen molar-refractivity contribution >= 4 is 27.3 Å². The zero-order valence-corrected chi connectivity index (χ0v) is 18.1. The van der Waals surface area contributed by atoms with E-state index in [1.165, 1.54) is 6.07 Å². The third kappa shape index (κ3) is 4.63. The number of ether oxygens (including phenoxy) is 1. The number of methoxy groups -OCH3 is 1. The molecular formula is C23H24N2O4S. The van der Waals surface area contributed by atoms with E-state index in [9.17, 15) is 13.2 Å². The van der Waals surface area contributed by atoms with Gasteiger partial charge >= 0.3 is 0 Å². The predicted octanol–water partition coefficient (Wildman–Crippen LogP) is 4.67. The molecule has 0 aliphatic heterocycles. The van der Waals surface area contributed by atoms with Crippen LogP contribution in [0.2, 0.25) is 0 Å². The number of rotatable bonds is 6. The summed E-state index contributed by atoms with van der Waals surface area (Å²) in [6.45, 7) is 5.47. The topological polar surface area (TPSA) is 84.5 Å². The van der Waals surface area contributed by atoms with Crippen LogP contribution in [0.4, 0.5) is 11.4 Å². The predicted molar refractivity (Wildman–Crippen MR) is 119 cm³/mol. The molecule has 3 aromatic rings. The molecule has 2 N–H and O–H groups in total. The monoisotopic (exact) mass is 424 g/mol. The summed E-state index contributed by atoms with van der Waals surface area (Å²) in [5, 5.41) is 2.76. The van der Waals surface area contributed by atoms with Crippen LogP contribution in [-0.4, -0.2) is 21.4 Å². The number of nitrogens with one attached hydrogen (secondary N) is 2. The van der Waals surface area contributed by atoms with Gasteiger partial charge < -0.3 is 10.1 Å². The molecule has 0 atom stereocenters. The van der Waals surface area contributed by atoms with E-state index in [0.717, 1.165) is 11.1 Å². The quantitative estimate of drug-likeness (QED) is 0.602. The Labute approximate surface area is 177 Å². The number of amides is 1. The lowest BCUT2D eigenvalue weighted by Crippen LogP contribution is -2.17. The fraction of sp³-hybridized carbons (Fsp3) is 0.174. The largest absolute Gasteiger partial charge is 0.497 e. The molecule has 0 aliphatic rings. The van der Waals surface area contributed by atoms with Crippen LogP contribution >= 0.6 is 0 Å². The lowest BCUT2D eigenvalue weighted by Gasteiger charge is -2.14. The van der Waals surface area contributed by atoms with Gasteiger partial charge in [-0.25, -0.2) is 8.42 Å². The number of hydrogen-bond donors (Lipinski definition) is 2. The number of carbonyl (C=O) groups is 1. The van der Waals surface area contributed by atoms with Gasteiger partial charge in [-0.15, -0.1) is 0 Å². The van der Waals surface area contributed by atoms with Crippen molar-refractivity contribution in [2.24, 2.45) is 0 Å². The molecule has 1 amide bonds. The molecule has 0 saturated carbocycles. The minimum absolute atomic E-state index is 0.0571. The van der Waals surface area contributed by atoms with Crippen LogP contribution in [0.3, 0.4) is 0 Å². The third-order valence-electron chi connectivity index (χ3n) is 4.92. The highest BCUT2D eigenvalue weighted by atomic mass is 32.2. The highest BCUT2D eigenvalue weighted by Gasteiger charge is 2.20. The van der Waals surface area contributed by atoms with Gasteiger partial charge in [-0.2, -0.15) is 0 Å². The standard InChI is InChI=1S/C23H24N2O4S/c1-15-7-5-10-21(17(15)3)25-30(27,28)22-13-18(12-11-16(22)2)23(26)24-19-8-6-9-20(14-19)29-4/h5-14,25H,1-4H3,(H,24,26). The van der Waals surface area contributed by atoms with Gasteiger partial charge in [0.05, 0.1) is 17.7 Å². The van der Waals surface area contributed by atoms with Crippen LogP contribution < -0.4 is 14.8 Å². The molecule has 0 spiro atoms. The summed E-state index contributed by atoms with van der Waals surface area (Å²) in [4.78, 5) is 12.8. The van der Waals surface area contributed by atoms with Crippen molar-refractivity contribution in [3.05, 3.63) is 82.9 Å². The first-order valence-electron chi connectivity index (χ1n) is 9.36. The van der Waals surface area contributed by atoms with Gasteiger partial charge in [0.2, 0.25) is 0 Å². The molecular weight excluding hydrogens is 400 g/mol. The van der Waals surface area contributed by atoms with Crippen molar-refractivity contribution in [3.63, 3.8) is 0 Å². The van der Waals surface area contributed by atoms with Crippen LogP contribution in [0.1, 0.15) is 27.0 Å². The molecule has 0 radical (unpaired) electrons. The minimum atomic E-state index is -3.87. The minimum Gasteiger partial charge on any atom is -0.497 e. The lowest BCUT2D eigenvalue weighted by molar-refractivity contribution is 0.102. The summed E-state index contributed by atoms with van der Waals surface area (Å²) in [6, 6.07) is 17.0. The second-order valence-electron chi connectivity index (χ2n) is 7.02. The smallest absolute Gasteiger partial charge is 0.262 e. The van der Waals surface area contributed by atoms with Gasteiger partial charge in [-0.1, -0.05) is 24.3 Å². The van der Waals surface area contributed by atoms with E-state index in [0.29, 0.717) is 22.7 Å². The maximum Gasteiger partial charge on any atom is 0.262 e. The number of aryl methyl sites for hydroxylation is 2. The van der Waals surface area contributed by atoms with E-state index in [1.807, 2.05) is 19.9 Å². The lowest BCUT2D eigenvalue weighted by atomic mass is 10.1. The molecule has 0 heterocycles. The number of hydrogen-bond acceptors (Lipinski definition) is 4. The van der Waals surface area contributed by atoms with Crippen LogP contribution in [0, 0.1) is 20.8 Å². The van der Waals surface area contributed by atoms with Gasteiger partial charge in [0.25, 0.3) is 15.9 Å². The zero-order valence-electron chi connectivity index (χ0n) is 17.3. The molecule has 30 heavy (non-hydrogen) atoms. The fourth-order valence-electron chi connectivity index (χ4n) is 3.00. The Morgan fingerprint density at radius 2 is 1.63 bits per heavy atom. The average Bonchev–Trinajstić information content (AvgIpc) is 2.71. The van der Waals surface area contributed by atoms with Crippen molar-refractivity contribution < 1.29 is 17.9 Å². The number of carbonyl (C=O) groups excluding carboxylic acids is 1. The van der Waals surface area contributed by atoms with Gasteiger partial charge in [0.15, 0.2) is 0 Å². The molecule has 7 heteroatoms. The Morgan fingerprint density at radius 3 is 2.37 bits per heavy atom. The van der Waals surface area contributed by atoms with Gasteiger partial charge in [-0.05, 0) is 67.8 Å². The first-order chi connectivity index (χ1) is 14.2. The second kappa shape index (κ2) is 8.59. The van der Waals surface area contributed by atoms with E-state index >= 15 is 0 Å². The summed E-state index contributed by atoms with van der Waals surface area (Å²) < 4.78 is 33.9. The van der Waals surface area contributed by atoms with Crippen LogP contribution in [0.5, 0.6) is 5.75 Å². The number of anilines is 2. The molecule has 6 nitrogen and oxygen atoms in total. The molecule has 0 unspecified atom stereocenters. The normalized spacial score (nSPS) is 11.1. The number of sulfonamides is 1. The van der Waals surface area contributed by atoms with Gasteiger partial charge in [-0.3, -0.25) is 9.52 Å². The van der Waals surface area contributed by atoms with Crippen molar-refractivity contribution in [1.29, 1.82) is 0 Å². The molecule has 0 saturated heterocycles. The van der Waals surface area contributed by atoms with Crippen LogP contribution in [-0.2, 0) is 10.0 Å². The van der Waals surface area contributed by atoms with Gasteiger partial charge in [0, 0.05) is 17.3 Å². The summed E-state index contributed by atoms with van der Waals surface area (Å²) >= 11 is 0. The Morgan fingerprint density at radius 1 is 0.900 bits per heavy atom. The molecule has 0 fully saturated rings. The average molecular weight is 425 g/mol. The maximum absolute atomic E-state index is 13.0. The fourth-order valence-corrected chi connectivity index (χ4v) is 4.39. The Balaban J connectivity index is 1.90. The van der Waals surface area contributed by atoms with Gasteiger partial charge in [0.1, 0.15) is 5.75 Å². The molecule has 0 aromatic heterocycles. The molecule has 0 bridgehead atoms. The Kier molecular flexibility index (Phi) is 6.12. The van der Waals surface area contributed by atoms with Crippen LogP contribution in [0.25, 0.3) is 0 Å². The van der Waals surface area contributed by atoms with E-state index in [2.05, 4.69) is 10.0 Å². The van der Waals surface area contributed by atoms with E-state index in [4.69, 9.17) is 4.74 Å². The highest BCUT2D eigenvalue weighted by Crippen LogP contribution is 2.25. The Hall–Kier alpha value is -3.32. The summed E-state index contributed by atoms with van der Waals surface area (Å²) in [7, 11) is -2.33. The Bertz CT molecular complexity index is 1200. The summed E-state index contributed by atoms with van der Waals surface area (Å²) in [6.07, 6.45) is 0. The second-order valence-corrected chi connectivity index (χ2v) is 8.67. The third-order valence-corrected chi connectivity index (χ3v) is 6.42. The zero-order chi connectivity index (χ0) is 21.9. The molecule has 3 rings (SSSR count). The van der Waals surface area contributed by atoms with E-state index < -0.39 is 15.9 Å². The van der Waals surface area contributed by atoms with Crippen molar-refractivity contribution in [3.8, 4) is 5.75 Å².